The average Bonchev–Trinajstić information content (AvgIpc) is 2.41. The molecule has 0 aromatic heterocycles. The van der Waals surface area contributed by atoms with Crippen molar-refractivity contribution in [3.63, 3.8) is 0 Å². The molecule has 3 aliphatic rings. The number of hydrogen-bond acceptors (Lipinski definition) is 2. The minimum Gasteiger partial charge on any atom is -0.481 e. The largest absolute Gasteiger partial charge is 0.481 e. The number of likely N-dealkylation sites (tertiary alicyclic amines) is 1. The van der Waals surface area contributed by atoms with E-state index < -0.39 is 5.97 Å². The highest BCUT2D eigenvalue weighted by atomic mass is 16.4. The van der Waals surface area contributed by atoms with E-state index in [4.69, 9.17) is 5.11 Å². The van der Waals surface area contributed by atoms with E-state index in [1.54, 1.807) is 0 Å². The Morgan fingerprint density at radius 3 is 2.40 bits per heavy atom. The Morgan fingerprint density at radius 2 is 1.70 bits per heavy atom. The number of rotatable bonds is 3. The molecule has 2 saturated carbocycles. The number of carboxylic acid groups (broad SMARTS) is 1. The summed E-state index contributed by atoms with van der Waals surface area (Å²) in [6.45, 7) is 1.32. The highest BCUT2D eigenvalue weighted by molar-refractivity contribution is 5.80. The van der Waals surface area contributed by atoms with Gasteiger partial charge in [0.15, 0.2) is 0 Å². The van der Waals surface area contributed by atoms with Crippen molar-refractivity contribution >= 4 is 11.9 Å². The maximum absolute atomic E-state index is 12.5. The first-order chi connectivity index (χ1) is 9.63. The molecule has 0 spiro atoms. The van der Waals surface area contributed by atoms with Gasteiger partial charge in [0.05, 0.1) is 6.42 Å². The predicted molar refractivity (Wildman–Crippen MR) is 75.1 cm³/mol. The van der Waals surface area contributed by atoms with Gasteiger partial charge in [0.2, 0.25) is 5.91 Å². The maximum Gasteiger partial charge on any atom is 0.303 e. The summed E-state index contributed by atoms with van der Waals surface area (Å²) in [6, 6.07) is 0. The van der Waals surface area contributed by atoms with Crippen molar-refractivity contribution < 1.29 is 14.7 Å². The summed E-state index contributed by atoms with van der Waals surface area (Å²) in [5.74, 6) is 1.62. The molecule has 2 aliphatic carbocycles. The maximum atomic E-state index is 12.5. The number of hydrogen-bond donors (Lipinski definition) is 1. The van der Waals surface area contributed by atoms with Crippen LogP contribution >= 0.6 is 0 Å². The quantitative estimate of drug-likeness (QED) is 0.863. The second kappa shape index (κ2) is 5.74. The summed E-state index contributed by atoms with van der Waals surface area (Å²) < 4.78 is 0. The second-order valence-corrected chi connectivity index (χ2v) is 7.02. The summed E-state index contributed by atoms with van der Waals surface area (Å²) in [4.78, 5) is 25.0. The molecule has 1 aliphatic heterocycles. The summed E-state index contributed by atoms with van der Waals surface area (Å²) in [7, 11) is 0. The SMILES string of the molecule is O=C(O)CC1CN(C(=O)C2CCC3CCCCC3C2)C1. The molecule has 0 aromatic carbocycles. The third-order valence-electron chi connectivity index (χ3n) is 5.62. The van der Waals surface area contributed by atoms with E-state index >= 15 is 0 Å². The molecule has 4 heteroatoms. The van der Waals surface area contributed by atoms with E-state index in [1.165, 1.54) is 32.1 Å². The van der Waals surface area contributed by atoms with Crippen LogP contribution in [0.2, 0.25) is 0 Å². The number of carbonyl (C=O) groups excluding carboxylic acids is 1. The van der Waals surface area contributed by atoms with E-state index in [2.05, 4.69) is 0 Å². The molecule has 20 heavy (non-hydrogen) atoms. The van der Waals surface area contributed by atoms with Crippen LogP contribution in [0.25, 0.3) is 0 Å². The van der Waals surface area contributed by atoms with Crippen LogP contribution in [0.15, 0.2) is 0 Å². The highest BCUT2D eigenvalue weighted by Crippen LogP contribution is 2.43. The average molecular weight is 279 g/mol. The van der Waals surface area contributed by atoms with Crippen LogP contribution in [0.1, 0.15) is 51.4 Å². The summed E-state index contributed by atoms with van der Waals surface area (Å²) >= 11 is 0. The number of fused-ring (bicyclic) bond motifs is 1. The van der Waals surface area contributed by atoms with Crippen LogP contribution in [-0.2, 0) is 9.59 Å². The molecule has 0 aromatic rings. The van der Waals surface area contributed by atoms with Crippen molar-refractivity contribution in [2.45, 2.75) is 51.4 Å². The van der Waals surface area contributed by atoms with Crippen molar-refractivity contribution in [1.29, 1.82) is 0 Å². The Morgan fingerprint density at radius 1 is 1.00 bits per heavy atom. The summed E-state index contributed by atoms with van der Waals surface area (Å²) in [5, 5.41) is 8.75. The second-order valence-electron chi connectivity index (χ2n) is 7.02. The lowest BCUT2D eigenvalue weighted by Crippen LogP contribution is -2.53. The normalized spacial score (nSPS) is 34.2. The molecule has 3 fully saturated rings. The molecule has 3 atom stereocenters. The lowest BCUT2D eigenvalue weighted by Gasteiger charge is -2.44. The van der Waals surface area contributed by atoms with E-state index in [-0.39, 0.29) is 18.3 Å². The van der Waals surface area contributed by atoms with E-state index in [0.29, 0.717) is 19.0 Å². The Labute approximate surface area is 120 Å². The van der Waals surface area contributed by atoms with Gasteiger partial charge in [0.1, 0.15) is 0 Å². The number of carboxylic acids is 1. The van der Waals surface area contributed by atoms with Gasteiger partial charge in [-0.05, 0) is 31.1 Å². The number of carbonyl (C=O) groups is 2. The standard InChI is InChI=1S/C16H25NO3/c18-15(19)7-11-9-17(10-11)16(20)14-6-5-12-3-1-2-4-13(12)8-14/h11-14H,1-10H2,(H,18,19). The lowest BCUT2D eigenvalue weighted by atomic mass is 9.67. The van der Waals surface area contributed by atoms with Gasteiger partial charge in [-0.3, -0.25) is 9.59 Å². The van der Waals surface area contributed by atoms with Crippen molar-refractivity contribution in [3.05, 3.63) is 0 Å². The third-order valence-corrected chi connectivity index (χ3v) is 5.62. The van der Waals surface area contributed by atoms with Gasteiger partial charge in [0, 0.05) is 24.9 Å². The zero-order valence-corrected chi connectivity index (χ0v) is 12.1. The van der Waals surface area contributed by atoms with Crippen LogP contribution < -0.4 is 0 Å². The van der Waals surface area contributed by atoms with Gasteiger partial charge in [-0.25, -0.2) is 0 Å². The van der Waals surface area contributed by atoms with Crippen LogP contribution in [-0.4, -0.2) is 35.0 Å². The molecule has 112 valence electrons. The van der Waals surface area contributed by atoms with Crippen LogP contribution in [0, 0.1) is 23.7 Å². The Hall–Kier alpha value is -1.06. The Bertz CT molecular complexity index is 389. The van der Waals surface area contributed by atoms with Gasteiger partial charge >= 0.3 is 5.97 Å². The van der Waals surface area contributed by atoms with Crippen LogP contribution in [0.3, 0.4) is 0 Å². The molecular formula is C16H25NO3. The minimum absolute atomic E-state index is 0.183. The fraction of sp³-hybridized carbons (Fsp3) is 0.875. The number of aliphatic carboxylic acids is 1. The van der Waals surface area contributed by atoms with E-state index in [9.17, 15) is 9.59 Å². The number of amides is 1. The Balaban J connectivity index is 1.48. The molecule has 0 radical (unpaired) electrons. The fourth-order valence-electron chi connectivity index (χ4n) is 4.48. The fourth-order valence-corrected chi connectivity index (χ4v) is 4.48. The Kier molecular flexibility index (Phi) is 3.99. The van der Waals surface area contributed by atoms with E-state index in [1.807, 2.05) is 4.90 Å². The number of nitrogens with zero attached hydrogens (tertiary/aromatic N) is 1. The molecule has 4 nitrogen and oxygen atoms in total. The molecule has 1 N–H and O–H groups in total. The molecule has 1 saturated heterocycles. The zero-order valence-electron chi connectivity index (χ0n) is 12.1. The molecule has 3 unspecified atom stereocenters. The summed E-state index contributed by atoms with van der Waals surface area (Å²) in [6.07, 6.45) is 8.98. The van der Waals surface area contributed by atoms with Crippen molar-refractivity contribution in [1.82, 2.24) is 4.90 Å². The first kappa shape index (κ1) is 13.9. The van der Waals surface area contributed by atoms with Gasteiger partial charge in [-0.15, -0.1) is 0 Å². The molecule has 1 heterocycles. The van der Waals surface area contributed by atoms with Gasteiger partial charge in [0.25, 0.3) is 0 Å². The van der Waals surface area contributed by atoms with Crippen LogP contribution in [0.4, 0.5) is 0 Å². The molecule has 0 bridgehead atoms. The zero-order chi connectivity index (χ0) is 14.1. The third kappa shape index (κ3) is 2.84. The van der Waals surface area contributed by atoms with Crippen molar-refractivity contribution in [3.8, 4) is 0 Å². The monoisotopic (exact) mass is 279 g/mol. The smallest absolute Gasteiger partial charge is 0.303 e. The van der Waals surface area contributed by atoms with Gasteiger partial charge in [-0.2, -0.15) is 0 Å². The van der Waals surface area contributed by atoms with E-state index in [0.717, 1.165) is 24.7 Å². The molecular weight excluding hydrogens is 254 g/mol. The first-order valence-electron chi connectivity index (χ1n) is 8.14. The topological polar surface area (TPSA) is 57.6 Å². The highest BCUT2D eigenvalue weighted by Gasteiger charge is 2.40. The lowest BCUT2D eigenvalue weighted by molar-refractivity contribution is -0.149. The predicted octanol–water partition coefficient (Wildman–Crippen LogP) is 2.53. The first-order valence-corrected chi connectivity index (χ1v) is 8.14. The van der Waals surface area contributed by atoms with Crippen molar-refractivity contribution in [2.75, 3.05) is 13.1 Å². The van der Waals surface area contributed by atoms with Crippen molar-refractivity contribution in [2.24, 2.45) is 23.7 Å². The molecule has 1 amide bonds. The van der Waals surface area contributed by atoms with Gasteiger partial charge in [-0.1, -0.05) is 25.7 Å². The van der Waals surface area contributed by atoms with Gasteiger partial charge < -0.3 is 10.0 Å². The minimum atomic E-state index is -0.746. The molecule has 3 rings (SSSR count). The van der Waals surface area contributed by atoms with Crippen LogP contribution in [0.5, 0.6) is 0 Å². The summed E-state index contributed by atoms with van der Waals surface area (Å²) in [5.41, 5.74) is 0.